The van der Waals surface area contributed by atoms with Crippen LogP contribution < -0.4 is 0 Å². The molecular weight excluding hydrogens is 306 g/mol. The van der Waals surface area contributed by atoms with Crippen LogP contribution in [-0.4, -0.2) is 35.7 Å². The van der Waals surface area contributed by atoms with Gasteiger partial charge in [-0.2, -0.15) is 0 Å². The monoisotopic (exact) mass is 333 g/mol. The normalized spacial score (nSPS) is 22.4. The quantitative estimate of drug-likeness (QED) is 0.557. The molecule has 0 aromatic heterocycles. The Kier molecular flexibility index (Phi) is 6.37. The molecule has 1 aliphatic rings. The highest BCUT2D eigenvalue weighted by Gasteiger charge is 2.50. The molecule has 0 unspecified atom stereocenters. The van der Waals surface area contributed by atoms with E-state index in [-0.39, 0.29) is 18.2 Å². The molecule has 2 rings (SSSR count). The first-order valence-corrected chi connectivity index (χ1v) is 8.63. The number of hydrogen-bond acceptors (Lipinski definition) is 4. The van der Waals surface area contributed by atoms with Gasteiger partial charge in [0.1, 0.15) is 18.1 Å². The Balaban J connectivity index is 2.24. The van der Waals surface area contributed by atoms with Crippen LogP contribution in [0.4, 0.5) is 4.79 Å². The first kappa shape index (κ1) is 18.5. The van der Waals surface area contributed by atoms with E-state index in [0.717, 1.165) is 24.7 Å². The van der Waals surface area contributed by atoms with Crippen molar-refractivity contribution in [3.63, 3.8) is 0 Å². The Bertz CT molecular complexity index is 544. The highest BCUT2D eigenvalue weighted by Crippen LogP contribution is 2.42. The highest BCUT2D eigenvalue weighted by molar-refractivity contribution is 5.69. The molecule has 132 valence electrons. The van der Waals surface area contributed by atoms with Crippen molar-refractivity contribution in [1.29, 1.82) is 0 Å². The molecule has 0 bridgehead atoms. The van der Waals surface area contributed by atoms with Gasteiger partial charge in [0.15, 0.2) is 0 Å². The molecule has 0 spiro atoms. The summed E-state index contributed by atoms with van der Waals surface area (Å²) in [6.07, 6.45) is 2.98. The maximum absolute atomic E-state index is 12.6. The van der Waals surface area contributed by atoms with Gasteiger partial charge >= 0.3 is 6.09 Å². The third-order valence-corrected chi connectivity index (χ3v) is 4.31. The lowest BCUT2D eigenvalue weighted by Crippen LogP contribution is -2.48. The number of hydrogen-bond donors (Lipinski definition) is 0. The third kappa shape index (κ3) is 4.15. The van der Waals surface area contributed by atoms with Gasteiger partial charge in [-0.25, -0.2) is 4.79 Å². The van der Waals surface area contributed by atoms with E-state index < -0.39 is 5.72 Å². The topological polar surface area (TPSA) is 55.8 Å². The Morgan fingerprint density at radius 2 is 2.04 bits per heavy atom. The summed E-state index contributed by atoms with van der Waals surface area (Å²) in [7, 11) is 0. The third-order valence-electron chi connectivity index (χ3n) is 4.31. The Morgan fingerprint density at radius 3 is 2.67 bits per heavy atom. The molecule has 5 heteroatoms. The minimum Gasteiger partial charge on any atom is -0.449 e. The molecule has 1 aliphatic heterocycles. The van der Waals surface area contributed by atoms with Crippen molar-refractivity contribution in [3.05, 3.63) is 35.9 Å². The average Bonchev–Trinajstić information content (AvgIpc) is 2.84. The zero-order chi connectivity index (χ0) is 17.6. The van der Waals surface area contributed by atoms with Gasteiger partial charge in [0, 0.05) is 6.42 Å². The van der Waals surface area contributed by atoms with Gasteiger partial charge in [-0.15, -0.1) is 0 Å². The van der Waals surface area contributed by atoms with E-state index in [1.165, 1.54) is 0 Å². The summed E-state index contributed by atoms with van der Waals surface area (Å²) >= 11 is 0. The predicted molar refractivity (Wildman–Crippen MR) is 91.5 cm³/mol. The molecule has 1 fully saturated rings. The summed E-state index contributed by atoms with van der Waals surface area (Å²) in [5.41, 5.74) is 0.225. The van der Waals surface area contributed by atoms with Crippen molar-refractivity contribution in [2.75, 3.05) is 6.61 Å². The van der Waals surface area contributed by atoms with E-state index in [1.807, 2.05) is 44.2 Å². The summed E-state index contributed by atoms with van der Waals surface area (Å²) in [6, 6.07) is 9.60. The fraction of sp³-hybridized carbons (Fsp3) is 0.579. The molecule has 24 heavy (non-hydrogen) atoms. The summed E-state index contributed by atoms with van der Waals surface area (Å²) in [5, 5.41) is 0. The van der Waals surface area contributed by atoms with E-state index in [9.17, 15) is 9.59 Å². The summed E-state index contributed by atoms with van der Waals surface area (Å²) in [6.45, 7) is 6.18. The molecule has 0 N–H and O–H groups in total. The summed E-state index contributed by atoms with van der Waals surface area (Å²) in [5.74, 6) is 0. The second-order valence-electron chi connectivity index (χ2n) is 6.55. The Hall–Kier alpha value is -1.88. The maximum Gasteiger partial charge on any atom is 0.412 e. The second-order valence-corrected chi connectivity index (χ2v) is 6.55. The van der Waals surface area contributed by atoms with Crippen molar-refractivity contribution in [1.82, 2.24) is 4.90 Å². The van der Waals surface area contributed by atoms with E-state index in [0.29, 0.717) is 19.4 Å². The van der Waals surface area contributed by atoms with Crippen LogP contribution in [0, 0.1) is 0 Å². The van der Waals surface area contributed by atoms with Gasteiger partial charge in [0.05, 0.1) is 12.6 Å². The van der Waals surface area contributed by atoms with Crippen LogP contribution in [0.3, 0.4) is 0 Å². The minimum absolute atomic E-state index is 0.221. The number of rotatable bonds is 7. The first-order valence-electron chi connectivity index (χ1n) is 8.63. The van der Waals surface area contributed by atoms with E-state index >= 15 is 0 Å². The van der Waals surface area contributed by atoms with Crippen LogP contribution in [0.1, 0.15) is 58.1 Å². The summed E-state index contributed by atoms with van der Waals surface area (Å²) < 4.78 is 11.6. The van der Waals surface area contributed by atoms with Gasteiger partial charge in [0.25, 0.3) is 0 Å². The molecule has 0 saturated carbocycles. The standard InChI is InChI=1S/C19H27NO4/c1-4-5-14-23-18(22)20-16(12-9-13-21)17(24-19(20,2)3)15-10-7-6-8-11-15/h6-8,10-11,13,16-17H,4-5,9,12,14H2,1-3H3/t16-,17-/m1/s1. The molecule has 2 atom stereocenters. The molecule has 0 radical (unpaired) electrons. The predicted octanol–water partition coefficient (Wildman–Crippen LogP) is 4.08. The van der Waals surface area contributed by atoms with Crippen molar-refractivity contribution in [2.45, 2.75) is 64.3 Å². The second kappa shape index (κ2) is 8.29. The molecule has 5 nitrogen and oxygen atoms in total. The van der Waals surface area contributed by atoms with Gasteiger partial charge < -0.3 is 14.3 Å². The molecule has 1 saturated heterocycles. The SMILES string of the molecule is CCCCOC(=O)N1[C@H](CCC=O)[C@@H](c2ccccc2)OC1(C)C. The van der Waals surface area contributed by atoms with E-state index in [1.54, 1.807) is 4.90 Å². The van der Waals surface area contributed by atoms with Gasteiger partial charge in [-0.1, -0.05) is 43.7 Å². The number of nitrogens with zero attached hydrogens (tertiary/aromatic N) is 1. The van der Waals surface area contributed by atoms with Crippen LogP contribution in [0.5, 0.6) is 0 Å². The number of ether oxygens (including phenoxy) is 2. The summed E-state index contributed by atoms with van der Waals surface area (Å²) in [4.78, 5) is 25.2. The molecule has 0 aliphatic carbocycles. The van der Waals surface area contributed by atoms with Crippen molar-refractivity contribution < 1.29 is 19.1 Å². The molecule has 1 amide bonds. The zero-order valence-electron chi connectivity index (χ0n) is 14.7. The molecule has 1 aromatic carbocycles. The Morgan fingerprint density at radius 1 is 1.33 bits per heavy atom. The van der Waals surface area contributed by atoms with E-state index in [4.69, 9.17) is 9.47 Å². The van der Waals surface area contributed by atoms with Crippen molar-refractivity contribution in [2.24, 2.45) is 0 Å². The Labute approximate surface area is 143 Å². The van der Waals surface area contributed by atoms with Crippen LogP contribution in [0.25, 0.3) is 0 Å². The first-order chi connectivity index (χ1) is 11.5. The van der Waals surface area contributed by atoms with Crippen molar-refractivity contribution in [3.8, 4) is 0 Å². The van der Waals surface area contributed by atoms with E-state index in [2.05, 4.69) is 6.92 Å². The molecule has 1 aromatic rings. The van der Waals surface area contributed by atoms with Gasteiger partial charge in [-0.05, 0) is 32.3 Å². The lowest BCUT2D eigenvalue weighted by atomic mass is 9.98. The molecule has 1 heterocycles. The number of carbonyl (C=O) groups is 2. The number of unbranched alkanes of at least 4 members (excludes halogenated alkanes) is 1. The van der Waals surface area contributed by atoms with Crippen LogP contribution in [0.2, 0.25) is 0 Å². The van der Waals surface area contributed by atoms with Gasteiger partial charge in [0.2, 0.25) is 0 Å². The lowest BCUT2D eigenvalue weighted by molar-refractivity contribution is -0.108. The zero-order valence-corrected chi connectivity index (χ0v) is 14.7. The van der Waals surface area contributed by atoms with Crippen LogP contribution in [0.15, 0.2) is 30.3 Å². The fourth-order valence-electron chi connectivity index (χ4n) is 3.16. The number of amides is 1. The van der Waals surface area contributed by atoms with Crippen LogP contribution in [-0.2, 0) is 14.3 Å². The number of carbonyl (C=O) groups excluding carboxylic acids is 2. The van der Waals surface area contributed by atoms with Crippen LogP contribution >= 0.6 is 0 Å². The largest absolute Gasteiger partial charge is 0.449 e. The molecular formula is C19H27NO4. The smallest absolute Gasteiger partial charge is 0.412 e. The highest BCUT2D eigenvalue weighted by atomic mass is 16.6. The number of aldehydes is 1. The van der Waals surface area contributed by atoms with Crippen molar-refractivity contribution >= 4 is 12.4 Å². The minimum atomic E-state index is -0.780. The maximum atomic E-state index is 12.6. The number of benzene rings is 1. The lowest BCUT2D eigenvalue weighted by Gasteiger charge is -2.32. The van der Waals surface area contributed by atoms with Gasteiger partial charge in [-0.3, -0.25) is 4.90 Å². The fourth-order valence-corrected chi connectivity index (χ4v) is 3.16. The average molecular weight is 333 g/mol.